The molecule has 0 radical (unpaired) electrons. The molecule has 1 fully saturated rings. The van der Waals surface area contributed by atoms with Gasteiger partial charge in [0.05, 0.1) is 0 Å². The summed E-state index contributed by atoms with van der Waals surface area (Å²) in [4.78, 5) is 14.3. The van der Waals surface area contributed by atoms with Gasteiger partial charge in [0.2, 0.25) is 5.91 Å². The Morgan fingerprint density at radius 1 is 1.37 bits per heavy atom. The molecule has 1 unspecified atom stereocenters. The molecule has 19 heavy (non-hydrogen) atoms. The van der Waals surface area contributed by atoms with E-state index in [0.717, 1.165) is 38.2 Å². The van der Waals surface area contributed by atoms with Crippen molar-refractivity contribution < 1.29 is 4.79 Å². The second-order valence-corrected chi connectivity index (χ2v) is 5.68. The average Bonchev–Trinajstić information content (AvgIpc) is 2.90. The number of piperidine rings is 1. The minimum absolute atomic E-state index is 0.301. The first-order valence-electron chi connectivity index (χ1n) is 7.43. The summed E-state index contributed by atoms with van der Waals surface area (Å²) in [6.07, 6.45) is 5.26. The fraction of sp³-hybridized carbons (Fsp3) is 0.562. The molecule has 0 aromatic heterocycles. The maximum atomic E-state index is 12.4. The van der Waals surface area contributed by atoms with E-state index >= 15 is 0 Å². The third-order valence-electron chi connectivity index (χ3n) is 4.35. The van der Waals surface area contributed by atoms with E-state index in [-0.39, 0.29) is 0 Å². The first kappa shape index (κ1) is 12.7. The molecule has 1 aromatic rings. The average molecular weight is 258 g/mol. The number of amides is 1. The quantitative estimate of drug-likeness (QED) is 0.902. The minimum atomic E-state index is 0.301. The Bertz CT molecular complexity index is 452. The van der Waals surface area contributed by atoms with Crippen molar-refractivity contribution in [2.24, 2.45) is 5.92 Å². The Kier molecular flexibility index (Phi) is 3.83. The Hall–Kier alpha value is -1.35. The smallest absolute Gasteiger partial charge is 0.227 e. The predicted molar refractivity (Wildman–Crippen MR) is 77.3 cm³/mol. The normalized spacial score (nSPS) is 22.3. The zero-order valence-corrected chi connectivity index (χ0v) is 11.4. The van der Waals surface area contributed by atoms with Gasteiger partial charge in [0, 0.05) is 18.7 Å². The molecule has 0 bridgehead atoms. The van der Waals surface area contributed by atoms with Crippen molar-refractivity contribution in [2.45, 2.75) is 32.1 Å². The number of nitrogens with one attached hydrogen (secondary N) is 1. The number of carbonyl (C=O) groups excluding carboxylic acids is 1. The van der Waals surface area contributed by atoms with Crippen molar-refractivity contribution in [1.29, 1.82) is 0 Å². The number of hydrogen-bond acceptors (Lipinski definition) is 2. The summed E-state index contributed by atoms with van der Waals surface area (Å²) in [5.74, 6) is 0.992. The topological polar surface area (TPSA) is 32.3 Å². The van der Waals surface area contributed by atoms with Crippen molar-refractivity contribution in [1.82, 2.24) is 5.32 Å². The molecule has 102 valence electrons. The fourth-order valence-electron chi connectivity index (χ4n) is 3.23. The number of anilines is 1. The summed E-state index contributed by atoms with van der Waals surface area (Å²) in [6.45, 7) is 3.09. The predicted octanol–water partition coefficient (Wildman–Crippen LogP) is 2.36. The Morgan fingerprint density at radius 2 is 2.26 bits per heavy atom. The summed E-state index contributed by atoms with van der Waals surface area (Å²) in [5.41, 5.74) is 2.45. The van der Waals surface area contributed by atoms with E-state index in [9.17, 15) is 4.79 Å². The number of hydrogen-bond donors (Lipinski definition) is 1. The van der Waals surface area contributed by atoms with E-state index in [4.69, 9.17) is 0 Å². The number of carbonyl (C=O) groups is 1. The van der Waals surface area contributed by atoms with Gasteiger partial charge >= 0.3 is 0 Å². The largest absolute Gasteiger partial charge is 0.316 e. The van der Waals surface area contributed by atoms with Crippen molar-refractivity contribution in [2.75, 3.05) is 24.5 Å². The van der Waals surface area contributed by atoms with E-state index in [1.165, 1.54) is 18.4 Å². The van der Waals surface area contributed by atoms with Crippen LogP contribution in [0.15, 0.2) is 24.3 Å². The monoisotopic (exact) mass is 258 g/mol. The highest BCUT2D eigenvalue weighted by molar-refractivity contribution is 5.95. The lowest BCUT2D eigenvalue weighted by atomic mass is 9.94. The molecule has 3 heteroatoms. The first-order valence-corrected chi connectivity index (χ1v) is 7.43. The van der Waals surface area contributed by atoms with Crippen LogP contribution in [0.5, 0.6) is 0 Å². The number of fused-ring (bicyclic) bond motifs is 1. The minimum Gasteiger partial charge on any atom is -0.316 e. The van der Waals surface area contributed by atoms with Crippen molar-refractivity contribution in [3.63, 3.8) is 0 Å². The molecule has 3 rings (SSSR count). The standard InChI is InChI=1S/C16H22N2O/c19-16(8-7-13-4-3-10-17-12-13)18-11-9-14-5-1-2-6-15(14)18/h1-2,5-6,13,17H,3-4,7-12H2. The molecule has 1 saturated heterocycles. The van der Waals surface area contributed by atoms with Gasteiger partial charge in [-0.25, -0.2) is 0 Å². The van der Waals surface area contributed by atoms with Gasteiger partial charge in [-0.15, -0.1) is 0 Å². The molecule has 2 aliphatic heterocycles. The zero-order valence-electron chi connectivity index (χ0n) is 11.4. The molecule has 2 aliphatic rings. The fourth-order valence-corrected chi connectivity index (χ4v) is 3.23. The van der Waals surface area contributed by atoms with Crippen LogP contribution in [-0.2, 0) is 11.2 Å². The lowest BCUT2D eigenvalue weighted by Crippen LogP contribution is -2.32. The molecule has 1 aromatic carbocycles. The van der Waals surface area contributed by atoms with Gasteiger partial charge in [0.15, 0.2) is 0 Å². The van der Waals surface area contributed by atoms with Gasteiger partial charge in [-0.1, -0.05) is 18.2 Å². The number of rotatable bonds is 3. The van der Waals surface area contributed by atoms with E-state index in [1.54, 1.807) is 0 Å². The van der Waals surface area contributed by atoms with Crippen LogP contribution in [0.25, 0.3) is 0 Å². The van der Waals surface area contributed by atoms with Gasteiger partial charge in [0.25, 0.3) is 0 Å². The molecular weight excluding hydrogens is 236 g/mol. The van der Waals surface area contributed by atoms with Crippen LogP contribution in [0.2, 0.25) is 0 Å². The van der Waals surface area contributed by atoms with Crippen LogP contribution < -0.4 is 10.2 Å². The van der Waals surface area contributed by atoms with Gasteiger partial charge in [-0.3, -0.25) is 4.79 Å². The van der Waals surface area contributed by atoms with Crippen LogP contribution in [0.1, 0.15) is 31.2 Å². The van der Waals surface area contributed by atoms with E-state index in [1.807, 2.05) is 11.0 Å². The Labute approximate surface area is 115 Å². The molecule has 0 saturated carbocycles. The second kappa shape index (κ2) is 5.74. The van der Waals surface area contributed by atoms with Crippen LogP contribution in [0.4, 0.5) is 5.69 Å². The summed E-state index contributed by atoms with van der Waals surface area (Å²) in [6, 6.07) is 8.28. The van der Waals surface area contributed by atoms with Gasteiger partial charge in [-0.2, -0.15) is 0 Å². The van der Waals surface area contributed by atoms with Gasteiger partial charge in [0.1, 0.15) is 0 Å². The van der Waals surface area contributed by atoms with Crippen molar-refractivity contribution in [3.05, 3.63) is 29.8 Å². The zero-order chi connectivity index (χ0) is 13.1. The van der Waals surface area contributed by atoms with Crippen LogP contribution in [0, 0.1) is 5.92 Å². The highest BCUT2D eigenvalue weighted by atomic mass is 16.2. The number of para-hydroxylation sites is 1. The highest BCUT2D eigenvalue weighted by Crippen LogP contribution is 2.28. The maximum absolute atomic E-state index is 12.4. The molecule has 1 N–H and O–H groups in total. The van der Waals surface area contributed by atoms with E-state index in [2.05, 4.69) is 23.5 Å². The summed E-state index contributed by atoms with van der Waals surface area (Å²) < 4.78 is 0. The molecule has 3 nitrogen and oxygen atoms in total. The first-order chi connectivity index (χ1) is 9.34. The number of nitrogens with zero attached hydrogens (tertiary/aromatic N) is 1. The van der Waals surface area contributed by atoms with Crippen LogP contribution in [0.3, 0.4) is 0 Å². The Morgan fingerprint density at radius 3 is 3.11 bits per heavy atom. The van der Waals surface area contributed by atoms with Crippen LogP contribution in [-0.4, -0.2) is 25.5 Å². The molecule has 2 heterocycles. The highest BCUT2D eigenvalue weighted by Gasteiger charge is 2.24. The number of benzene rings is 1. The van der Waals surface area contributed by atoms with Gasteiger partial charge in [-0.05, 0) is 56.3 Å². The molecule has 0 aliphatic carbocycles. The molecule has 1 atom stereocenters. The van der Waals surface area contributed by atoms with Crippen molar-refractivity contribution >= 4 is 11.6 Å². The van der Waals surface area contributed by atoms with E-state index in [0.29, 0.717) is 18.2 Å². The second-order valence-electron chi connectivity index (χ2n) is 5.68. The SMILES string of the molecule is O=C(CCC1CCCNC1)N1CCc2ccccc21. The van der Waals surface area contributed by atoms with E-state index < -0.39 is 0 Å². The lowest BCUT2D eigenvalue weighted by Gasteiger charge is -2.24. The summed E-state index contributed by atoms with van der Waals surface area (Å²) in [5, 5.41) is 3.42. The Balaban J connectivity index is 1.56. The lowest BCUT2D eigenvalue weighted by molar-refractivity contribution is -0.118. The van der Waals surface area contributed by atoms with Crippen LogP contribution >= 0.6 is 0 Å². The molecular formula is C16H22N2O. The summed E-state index contributed by atoms with van der Waals surface area (Å²) >= 11 is 0. The third-order valence-corrected chi connectivity index (χ3v) is 4.35. The third kappa shape index (κ3) is 2.81. The molecule has 0 spiro atoms. The molecule has 1 amide bonds. The summed E-state index contributed by atoms with van der Waals surface area (Å²) in [7, 11) is 0. The van der Waals surface area contributed by atoms with Gasteiger partial charge < -0.3 is 10.2 Å². The maximum Gasteiger partial charge on any atom is 0.227 e. The van der Waals surface area contributed by atoms with Crippen molar-refractivity contribution in [3.8, 4) is 0 Å².